The molecule has 2 rings (SSSR count). The van der Waals surface area contributed by atoms with Gasteiger partial charge in [-0.3, -0.25) is 0 Å². The quantitative estimate of drug-likeness (QED) is 0.517. The fraction of sp³-hybridized carbons (Fsp3) is 0.412. The van der Waals surface area contributed by atoms with Crippen LogP contribution in [0.4, 0.5) is 17.1 Å². The number of rotatable bonds is 7. The van der Waals surface area contributed by atoms with Crippen LogP contribution < -0.4 is 4.74 Å². The van der Waals surface area contributed by atoms with E-state index in [4.69, 9.17) is 4.74 Å². The number of nitrogens with zero attached hydrogens (tertiary/aromatic N) is 1. The van der Waals surface area contributed by atoms with Crippen LogP contribution in [0.2, 0.25) is 0 Å². The van der Waals surface area contributed by atoms with Gasteiger partial charge in [-0.15, -0.1) is 0 Å². The number of hydrogen-bond acceptors (Lipinski definition) is 3. The van der Waals surface area contributed by atoms with Gasteiger partial charge in [0, 0.05) is 19.5 Å². The number of alkyl halides is 3. The molecule has 0 aliphatic heterocycles. The van der Waals surface area contributed by atoms with Crippen LogP contribution in [0.3, 0.4) is 0 Å². The van der Waals surface area contributed by atoms with Crippen molar-refractivity contribution in [3.05, 3.63) is 54.1 Å². The fourth-order valence-corrected chi connectivity index (χ4v) is 2.87. The standard InChI is InChI=1S/C17H19F4NO3S/c1-22(26(21,23)24)12-11-16(13-5-3-2-4-6-13)25-15-9-7-14(8-10-15)17(18,19)20/h2-5,7-10,13,16H,6,11-12H2,1H3. The lowest BCUT2D eigenvalue weighted by molar-refractivity contribution is -0.137. The summed E-state index contributed by atoms with van der Waals surface area (Å²) in [4.78, 5) is 0. The fourth-order valence-electron chi connectivity index (χ4n) is 2.55. The molecule has 1 aliphatic carbocycles. The molecule has 0 bridgehead atoms. The lowest BCUT2D eigenvalue weighted by Gasteiger charge is -2.27. The van der Waals surface area contributed by atoms with Crippen LogP contribution in [-0.2, 0) is 16.6 Å². The second-order valence-electron chi connectivity index (χ2n) is 5.94. The molecule has 0 saturated carbocycles. The normalized spacial score (nSPS) is 18.9. The number of hydrogen-bond donors (Lipinski definition) is 0. The molecule has 9 heteroatoms. The molecule has 26 heavy (non-hydrogen) atoms. The molecule has 0 saturated heterocycles. The molecule has 0 radical (unpaired) electrons. The van der Waals surface area contributed by atoms with Crippen molar-refractivity contribution in [2.45, 2.75) is 25.1 Å². The summed E-state index contributed by atoms with van der Waals surface area (Å²) in [6.45, 7) is -0.113. The Morgan fingerprint density at radius 3 is 2.38 bits per heavy atom. The van der Waals surface area contributed by atoms with Crippen molar-refractivity contribution in [2.75, 3.05) is 13.6 Å². The Kier molecular flexibility index (Phi) is 6.46. The zero-order chi connectivity index (χ0) is 19.4. The van der Waals surface area contributed by atoms with E-state index in [1.807, 2.05) is 24.3 Å². The van der Waals surface area contributed by atoms with Gasteiger partial charge in [-0.1, -0.05) is 28.2 Å². The van der Waals surface area contributed by atoms with E-state index in [0.29, 0.717) is 10.7 Å². The average molecular weight is 393 g/mol. The summed E-state index contributed by atoms with van der Waals surface area (Å²) in [6, 6.07) is 4.27. The first-order valence-electron chi connectivity index (χ1n) is 7.90. The largest absolute Gasteiger partial charge is 0.490 e. The first-order valence-corrected chi connectivity index (χ1v) is 9.24. The minimum atomic E-state index is -4.80. The van der Waals surface area contributed by atoms with Gasteiger partial charge in [0.05, 0.1) is 5.56 Å². The first kappa shape index (κ1) is 20.4. The van der Waals surface area contributed by atoms with Gasteiger partial charge < -0.3 is 4.74 Å². The van der Waals surface area contributed by atoms with Crippen LogP contribution in [0.1, 0.15) is 18.4 Å². The Balaban J connectivity index is 2.11. The van der Waals surface area contributed by atoms with E-state index in [1.165, 1.54) is 12.1 Å². The maximum Gasteiger partial charge on any atom is 0.416 e. The Labute approximate surface area is 150 Å². The topological polar surface area (TPSA) is 46.6 Å². The molecule has 1 aromatic rings. The number of ether oxygens (including phenoxy) is 1. The third-order valence-electron chi connectivity index (χ3n) is 4.06. The molecule has 0 amide bonds. The highest BCUT2D eigenvalue weighted by atomic mass is 32.3. The minimum absolute atomic E-state index is 0.0991. The molecule has 4 nitrogen and oxygen atoms in total. The molecule has 0 N–H and O–H groups in total. The maximum atomic E-state index is 13.0. The molecular weight excluding hydrogens is 374 g/mol. The summed E-state index contributed by atoms with van der Waals surface area (Å²) < 4.78 is 79.0. The molecule has 0 spiro atoms. The summed E-state index contributed by atoms with van der Waals surface area (Å²) in [5.41, 5.74) is -0.787. The highest BCUT2D eigenvalue weighted by molar-refractivity contribution is 7.83. The summed E-state index contributed by atoms with van der Waals surface area (Å²) in [7, 11) is -3.69. The Morgan fingerprint density at radius 2 is 1.88 bits per heavy atom. The van der Waals surface area contributed by atoms with Gasteiger partial charge in [0.2, 0.25) is 0 Å². The number of allylic oxidation sites excluding steroid dienone is 3. The van der Waals surface area contributed by atoms with Crippen molar-refractivity contribution in [1.29, 1.82) is 0 Å². The SMILES string of the molecule is CN(CCC(Oc1ccc(C(F)(F)F)cc1)C1C=CC=CC1)S(=O)(=O)F. The van der Waals surface area contributed by atoms with Crippen LogP contribution in [0.15, 0.2) is 48.6 Å². The molecule has 2 atom stereocenters. The minimum Gasteiger partial charge on any atom is -0.490 e. The second-order valence-corrected chi connectivity index (χ2v) is 7.39. The predicted molar refractivity (Wildman–Crippen MR) is 89.5 cm³/mol. The van der Waals surface area contributed by atoms with Crippen LogP contribution in [-0.4, -0.2) is 32.4 Å². The Hall–Kier alpha value is -1.87. The van der Waals surface area contributed by atoms with E-state index >= 15 is 0 Å². The molecule has 144 valence electrons. The molecule has 0 aromatic heterocycles. The Morgan fingerprint density at radius 1 is 1.23 bits per heavy atom. The van der Waals surface area contributed by atoms with Gasteiger partial charge in [0.25, 0.3) is 0 Å². The van der Waals surface area contributed by atoms with Gasteiger partial charge in [0.15, 0.2) is 0 Å². The average Bonchev–Trinajstić information content (AvgIpc) is 2.58. The third-order valence-corrected chi connectivity index (χ3v) is 4.99. The molecule has 0 heterocycles. The van der Waals surface area contributed by atoms with Crippen LogP contribution in [0, 0.1) is 5.92 Å². The van der Waals surface area contributed by atoms with Crippen LogP contribution >= 0.6 is 0 Å². The van der Waals surface area contributed by atoms with E-state index in [0.717, 1.165) is 19.2 Å². The summed E-state index contributed by atoms with van der Waals surface area (Å²) >= 11 is 0. The van der Waals surface area contributed by atoms with E-state index < -0.39 is 28.3 Å². The second kappa shape index (κ2) is 8.22. The van der Waals surface area contributed by atoms with Crippen molar-refractivity contribution < 1.29 is 30.2 Å². The van der Waals surface area contributed by atoms with Gasteiger partial charge in [-0.25, -0.2) is 0 Å². The molecular formula is C17H19F4NO3S. The van der Waals surface area contributed by atoms with Crippen molar-refractivity contribution in [3.8, 4) is 5.75 Å². The lowest BCUT2D eigenvalue weighted by Crippen LogP contribution is -2.33. The van der Waals surface area contributed by atoms with Crippen molar-refractivity contribution in [2.24, 2.45) is 5.92 Å². The zero-order valence-electron chi connectivity index (χ0n) is 14.0. The van der Waals surface area contributed by atoms with Gasteiger partial charge >= 0.3 is 16.6 Å². The van der Waals surface area contributed by atoms with Gasteiger partial charge in [-0.2, -0.15) is 25.9 Å². The molecule has 1 aromatic carbocycles. The molecule has 1 aliphatic rings. The number of halogens is 4. The van der Waals surface area contributed by atoms with Crippen molar-refractivity contribution in [1.82, 2.24) is 4.31 Å². The van der Waals surface area contributed by atoms with Crippen LogP contribution in [0.5, 0.6) is 5.75 Å². The van der Waals surface area contributed by atoms with E-state index in [9.17, 15) is 25.5 Å². The van der Waals surface area contributed by atoms with Crippen molar-refractivity contribution in [3.63, 3.8) is 0 Å². The highest BCUT2D eigenvalue weighted by Crippen LogP contribution is 2.31. The van der Waals surface area contributed by atoms with Crippen LogP contribution in [0.25, 0.3) is 0 Å². The molecule has 2 unspecified atom stereocenters. The van der Waals surface area contributed by atoms with E-state index in [-0.39, 0.29) is 24.6 Å². The Bertz CT molecular complexity index is 757. The predicted octanol–water partition coefficient (Wildman–Crippen LogP) is 4.12. The smallest absolute Gasteiger partial charge is 0.416 e. The van der Waals surface area contributed by atoms with Crippen molar-refractivity contribution >= 4 is 10.4 Å². The summed E-state index contributed by atoms with van der Waals surface area (Å²) in [5.74, 6) is 0.134. The summed E-state index contributed by atoms with van der Waals surface area (Å²) in [6.07, 6.45) is 3.31. The van der Waals surface area contributed by atoms with Gasteiger partial charge in [0.1, 0.15) is 11.9 Å². The molecule has 0 fully saturated rings. The maximum absolute atomic E-state index is 13.0. The summed E-state index contributed by atoms with van der Waals surface area (Å²) in [5, 5.41) is 0. The van der Waals surface area contributed by atoms with Gasteiger partial charge in [-0.05, 0) is 37.1 Å². The van der Waals surface area contributed by atoms with E-state index in [2.05, 4.69) is 0 Å². The first-order chi connectivity index (χ1) is 12.1. The van der Waals surface area contributed by atoms with E-state index in [1.54, 1.807) is 0 Å². The lowest BCUT2D eigenvalue weighted by atomic mass is 9.92. The highest BCUT2D eigenvalue weighted by Gasteiger charge is 2.30. The number of benzene rings is 1. The third kappa shape index (κ3) is 5.84. The monoisotopic (exact) mass is 393 g/mol. The zero-order valence-corrected chi connectivity index (χ0v) is 14.8.